The van der Waals surface area contributed by atoms with Gasteiger partial charge in [0, 0.05) is 11.4 Å². The van der Waals surface area contributed by atoms with E-state index >= 15 is 0 Å². The number of rotatable bonds is 5. The number of sulfonamides is 1. The van der Waals surface area contributed by atoms with Crippen LogP contribution in [0.15, 0.2) is 65.6 Å². The SMILES string of the molecule is Cc1cccc(C(=O)Nc2ccc(Cl)c(S(=O)(=O)Nc3ccccc3Cl)c2)n1. The van der Waals surface area contributed by atoms with E-state index in [0.29, 0.717) is 5.69 Å². The van der Waals surface area contributed by atoms with Gasteiger partial charge < -0.3 is 5.32 Å². The number of hydrogen-bond donors (Lipinski definition) is 2. The fourth-order valence-corrected chi connectivity index (χ4v) is 4.24. The zero-order chi connectivity index (χ0) is 20.3. The number of benzene rings is 2. The molecule has 0 aliphatic rings. The van der Waals surface area contributed by atoms with E-state index in [0.717, 1.165) is 0 Å². The van der Waals surface area contributed by atoms with Gasteiger partial charge in [-0.15, -0.1) is 0 Å². The minimum atomic E-state index is -4.03. The van der Waals surface area contributed by atoms with Crippen LogP contribution in [0.4, 0.5) is 11.4 Å². The predicted octanol–water partition coefficient (Wildman–Crippen LogP) is 4.75. The molecule has 0 saturated carbocycles. The van der Waals surface area contributed by atoms with Gasteiger partial charge in [0.2, 0.25) is 0 Å². The van der Waals surface area contributed by atoms with E-state index in [1.165, 1.54) is 24.3 Å². The first-order valence-corrected chi connectivity index (χ1v) is 10.3. The summed E-state index contributed by atoms with van der Waals surface area (Å²) < 4.78 is 27.9. The number of halogens is 2. The van der Waals surface area contributed by atoms with Gasteiger partial charge >= 0.3 is 0 Å². The van der Waals surface area contributed by atoms with Crippen LogP contribution in [0, 0.1) is 6.92 Å². The lowest BCUT2D eigenvalue weighted by Crippen LogP contribution is -2.16. The highest BCUT2D eigenvalue weighted by atomic mass is 35.5. The topological polar surface area (TPSA) is 88.2 Å². The normalized spacial score (nSPS) is 11.1. The van der Waals surface area contributed by atoms with Gasteiger partial charge in [-0.1, -0.05) is 41.4 Å². The number of carbonyl (C=O) groups is 1. The second-order valence-corrected chi connectivity index (χ2v) is 8.31. The molecule has 0 aliphatic carbocycles. The van der Waals surface area contributed by atoms with Crippen molar-refractivity contribution in [1.82, 2.24) is 4.98 Å². The summed E-state index contributed by atoms with van der Waals surface area (Å²) in [5.74, 6) is -0.464. The average molecular weight is 436 g/mol. The van der Waals surface area contributed by atoms with Crippen LogP contribution in [0.3, 0.4) is 0 Å². The molecule has 0 aliphatic heterocycles. The van der Waals surface area contributed by atoms with Gasteiger partial charge in [-0.25, -0.2) is 13.4 Å². The molecule has 0 bridgehead atoms. The van der Waals surface area contributed by atoms with Crippen LogP contribution in [-0.4, -0.2) is 19.3 Å². The Hall–Kier alpha value is -2.61. The molecule has 28 heavy (non-hydrogen) atoms. The van der Waals surface area contributed by atoms with Gasteiger partial charge in [-0.3, -0.25) is 9.52 Å². The van der Waals surface area contributed by atoms with Crippen molar-refractivity contribution >= 4 is 50.5 Å². The monoisotopic (exact) mass is 435 g/mol. The van der Waals surface area contributed by atoms with E-state index in [1.807, 2.05) is 0 Å². The molecule has 0 fully saturated rings. The van der Waals surface area contributed by atoms with Crippen molar-refractivity contribution in [2.75, 3.05) is 10.0 Å². The molecule has 144 valence electrons. The summed E-state index contributed by atoms with van der Waals surface area (Å²) in [5, 5.41) is 2.88. The minimum Gasteiger partial charge on any atom is -0.321 e. The summed E-state index contributed by atoms with van der Waals surface area (Å²) in [6.45, 7) is 1.77. The van der Waals surface area contributed by atoms with Crippen molar-refractivity contribution in [3.05, 3.63) is 82.1 Å². The maximum Gasteiger partial charge on any atom is 0.274 e. The Morgan fingerprint density at radius 3 is 2.43 bits per heavy atom. The van der Waals surface area contributed by atoms with Crippen LogP contribution in [0.1, 0.15) is 16.2 Å². The van der Waals surface area contributed by atoms with Crippen molar-refractivity contribution in [2.24, 2.45) is 0 Å². The van der Waals surface area contributed by atoms with Crippen molar-refractivity contribution in [3.8, 4) is 0 Å². The molecule has 3 aromatic rings. The summed E-state index contributed by atoms with van der Waals surface area (Å²) in [6.07, 6.45) is 0. The van der Waals surface area contributed by atoms with Crippen LogP contribution in [0.5, 0.6) is 0 Å². The Morgan fingerprint density at radius 1 is 0.964 bits per heavy atom. The number of pyridine rings is 1. The van der Waals surface area contributed by atoms with Crippen LogP contribution in [0.2, 0.25) is 10.0 Å². The van der Waals surface area contributed by atoms with E-state index in [-0.39, 0.29) is 32.0 Å². The molecule has 0 atom stereocenters. The summed E-state index contributed by atoms with van der Waals surface area (Å²) in [6, 6.07) is 15.6. The van der Waals surface area contributed by atoms with Crippen molar-refractivity contribution in [2.45, 2.75) is 11.8 Å². The summed E-state index contributed by atoms with van der Waals surface area (Å²) in [4.78, 5) is 16.3. The first-order valence-electron chi connectivity index (χ1n) is 8.08. The Labute approximate surface area is 172 Å². The quantitative estimate of drug-likeness (QED) is 0.604. The van der Waals surface area contributed by atoms with Gasteiger partial charge in [-0.2, -0.15) is 0 Å². The van der Waals surface area contributed by atoms with E-state index in [2.05, 4.69) is 15.0 Å². The number of anilines is 2. The Kier molecular flexibility index (Phi) is 5.88. The van der Waals surface area contributed by atoms with E-state index in [9.17, 15) is 13.2 Å². The van der Waals surface area contributed by atoms with Gasteiger partial charge in [0.05, 0.1) is 15.7 Å². The van der Waals surface area contributed by atoms with Crippen molar-refractivity contribution in [3.63, 3.8) is 0 Å². The second kappa shape index (κ2) is 8.18. The molecule has 1 aromatic heterocycles. The zero-order valence-electron chi connectivity index (χ0n) is 14.6. The highest BCUT2D eigenvalue weighted by Crippen LogP contribution is 2.29. The standard InChI is InChI=1S/C19H15Cl2N3O3S/c1-12-5-4-8-17(22-12)19(25)23-13-9-10-15(21)18(11-13)28(26,27)24-16-7-3-2-6-14(16)20/h2-11,24H,1H3,(H,23,25). The summed E-state index contributed by atoms with van der Waals surface area (Å²) >= 11 is 12.1. The smallest absolute Gasteiger partial charge is 0.274 e. The Balaban J connectivity index is 1.89. The molecule has 6 nitrogen and oxygen atoms in total. The first-order chi connectivity index (χ1) is 13.3. The molecule has 1 amide bonds. The number of aryl methyl sites for hydroxylation is 1. The van der Waals surface area contributed by atoms with Crippen LogP contribution in [0.25, 0.3) is 0 Å². The third-order valence-corrected chi connectivity index (χ3v) is 5.89. The molecule has 0 unspecified atom stereocenters. The lowest BCUT2D eigenvalue weighted by atomic mass is 10.2. The molecule has 9 heteroatoms. The highest BCUT2D eigenvalue weighted by molar-refractivity contribution is 7.92. The number of hydrogen-bond acceptors (Lipinski definition) is 4. The van der Waals surface area contributed by atoms with Gasteiger partial charge in [-0.05, 0) is 49.4 Å². The minimum absolute atomic E-state index is 0.00577. The number of aromatic nitrogens is 1. The predicted molar refractivity (Wildman–Crippen MR) is 111 cm³/mol. The van der Waals surface area contributed by atoms with E-state index in [4.69, 9.17) is 23.2 Å². The number of para-hydroxylation sites is 1. The van der Waals surface area contributed by atoms with Gasteiger partial charge in [0.1, 0.15) is 10.6 Å². The zero-order valence-corrected chi connectivity index (χ0v) is 16.9. The molecule has 3 rings (SSSR count). The lowest BCUT2D eigenvalue weighted by Gasteiger charge is -2.12. The third kappa shape index (κ3) is 4.62. The first kappa shape index (κ1) is 20.1. The van der Waals surface area contributed by atoms with E-state index in [1.54, 1.807) is 43.3 Å². The molecule has 0 radical (unpaired) electrons. The van der Waals surface area contributed by atoms with Crippen LogP contribution < -0.4 is 10.0 Å². The average Bonchev–Trinajstić information content (AvgIpc) is 2.65. The van der Waals surface area contributed by atoms with Crippen LogP contribution in [-0.2, 0) is 10.0 Å². The molecule has 1 heterocycles. The number of nitrogens with one attached hydrogen (secondary N) is 2. The third-order valence-electron chi connectivity index (χ3n) is 3.72. The molecule has 0 spiro atoms. The summed E-state index contributed by atoms with van der Waals surface area (Å²) in [5.41, 5.74) is 1.39. The van der Waals surface area contributed by atoms with Gasteiger partial charge in [0.25, 0.3) is 15.9 Å². The van der Waals surface area contributed by atoms with Crippen LogP contribution >= 0.6 is 23.2 Å². The van der Waals surface area contributed by atoms with Crippen molar-refractivity contribution in [1.29, 1.82) is 0 Å². The number of nitrogens with zero attached hydrogens (tertiary/aromatic N) is 1. The fraction of sp³-hybridized carbons (Fsp3) is 0.0526. The van der Waals surface area contributed by atoms with Gasteiger partial charge in [0.15, 0.2) is 0 Å². The number of carbonyl (C=O) groups excluding carboxylic acids is 1. The number of amides is 1. The Morgan fingerprint density at radius 2 is 1.71 bits per heavy atom. The molecule has 2 N–H and O–H groups in total. The Bertz CT molecular complexity index is 1150. The molecule has 2 aromatic carbocycles. The van der Waals surface area contributed by atoms with E-state index < -0.39 is 15.9 Å². The fourth-order valence-electron chi connectivity index (χ4n) is 2.40. The molecular weight excluding hydrogens is 421 g/mol. The second-order valence-electron chi connectivity index (χ2n) is 5.85. The molecule has 0 saturated heterocycles. The molecular formula is C19H15Cl2N3O3S. The lowest BCUT2D eigenvalue weighted by molar-refractivity contribution is 0.102. The largest absolute Gasteiger partial charge is 0.321 e. The van der Waals surface area contributed by atoms with Crippen molar-refractivity contribution < 1.29 is 13.2 Å². The maximum absolute atomic E-state index is 12.7. The highest BCUT2D eigenvalue weighted by Gasteiger charge is 2.20. The maximum atomic E-state index is 12.7. The summed E-state index contributed by atoms with van der Waals surface area (Å²) in [7, 11) is -4.03.